The van der Waals surface area contributed by atoms with Crippen LogP contribution in [-0.4, -0.2) is 91.4 Å². The number of aryl methyl sites for hydroxylation is 1. The Bertz CT molecular complexity index is 3160. The van der Waals surface area contributed by atoms with E-state index in [9.17, 15) is 0 Å². The molecule has 15 nitrogen and oxygen atoms in total. The first-order valence-electron chi connectivity index (χ1n) is 22.3. The maximum absolute atomic E-state index is 4.94. The van der Waals surface area contributed by atoms with Crippen LogP contribution in [0.4, 0.5) is 11.6 Å². The molecule has 15 heteroatoms. The second-order valence-electron chi connectivity index (χ2n) is 15.9. The number of hydrogen-bond acceptors (Lipinski definition) is 11. The van der Waals surface area contributed by atoms with Gasteiger partial charge in [0.2, 0.25) is 0 Å². The summed E-state index contributed by atoms with van der Waals surface area (Å²) in [4.78, 5) is 43.7. The molecule has 324 valence electrons. The minimum absolute atomic E-state index is 0.719. The molecule has 9 aromatic rings. The Morgan fingerprint density at radius 3 is 1.88 bits per heavy atom. The molecule has 2 aliphatic rings. The average Bonchev–Trinajstić information content (AvgIpc) is 4.17. The smallest absolute Gasteiger partial charge is 0.159 e. The summed E-state index contributed by atoms with van der Waals surface area (Å²) in [6.07, 6.45) is 24.1. The van der Waals surface area contributed by atoms with E-state index in [1.54, 1.807) is 12.4 Å². The van der Waals surface area contributed by atoms with Gasteiger partial charge in [-0.3, -0.25) is 25.1 Å². The van der Waals surface area contributed by atoms with Gasteiger partial charge in [-0.15, -0.1) is 0 Å². The number of fused-ring (bicyclic) bond motifs is 3. The van der Waals surface area contributed by atoms with Gasteiger partial charge < -0.3 is 19.8 Å². The van der Waals surface area contributed by atoms with Crippen LogP contribution >= 0.6 is 0 Å². The van der Waals surface area contributed by atoms with Gasteiger partial charge in [-0.05, 0) is 112 Å². The Morgan fingerprint density at radius 1 is 0.656 bits per heavy atom. The van der Waals surface area contributed by atoms with E-state index in [1.807, 2.05) is 101 Å². The van der Waals surface area contributed by atoms with Crippen LogP contribution in [0.3, 0.4) is 0 Å². The van der Waals surface area contributed by atoms with E-state index in [2.05, 4.69) is 77.7 Å². The number of rotatable bonds is 7. The van der Waals surface area contributed by atoms with Gasteiger partial charge in [-0.2, -0.15) is 10.2 Å². The predicted octanol–water partition coefficient (Wildman–Crippen LogP) is 8.31. The van der Waals surface area contributed by atoms with Gasteiger partial charge in [0.25, 0.3) is 0 Å². The fourth-order valence-electron chi connectivity index (χ4n) is 8.42. The van der Waals surface area contributed by atoms with Gasteiger partial charge in [-0.1, -0.05) is 26.5 Å². The standard InChI is InChI=1S/C25H27N7.C22H20N8.C2H6/c1-4-20-19(13-17(3)18-12-16(2)14-26-15-18)22(31-30-20)24-28-21-8-9-27-25(23(21)29-24)32-10-6-5-7-11-32;1-2-10-30(11-3-1)22-20-16(6-9-24-22)26-21(27-20)19-15-12-17(14-4-7-23-8-5-14)25-13-18(15)28-29-19;1-2/h4,8-9,12-15,30H,3,5-7,10-11H2,1-2H3,(H,28,29);4-9,12-13H,1-3,10-11H2,(H,26,27)(H,28,29);1-2H3/b19-13+,20-4+;;. The zero-order valence-corrected chi connectivity index (χ0v) is 36.9. The number of nitrogens with zero attached hydrogens (tertiary/aromatic N) is 11. The summed E-state index contributed by atoms with van der Waals surface area (Å²) in [6.45, 7) is 16.4. The molecule has 64 heavy (non-hydrogen) atoms. The highest BCUT2D eigenvalue weighted by molar-refractivity contribution is 5.96. The van der Waals surface area contributed by atoms with Crippen molar-refractivity contribution in [1.29, 1.82) is 0 Å². The van der Waals surface area contributed by atoms with Crippen molar-refractivity contribution in [3.05, 3.63) is 108 Å². The molecule has 2 aliphatic heterocycles. The number of pyridine rings is 5. The topological polar surface area (TPSA) is 186 Å². The number of aromatic amines is 4. The molecule has 0 radical (unpaired) electrons. The summed E-state index contributed by atoms with van der Waals surface area (Å²) in [6, 6.07) is 12.0. The third-order valence-electron chi connectivity index (χ3n) is 11.6. The van der Waals surface area contributed by atoms with Gasteiger partial charge in [0, 0.05) is 79.5 Å². The molecule has 2 fully saturated rings. The fourth-order valence-corrected chi connectivity index (χ4v) is 8.42. The van der Waals surface area contributed by atoms with Gasteiger partial charge in [0.15, 0.2) is 23.3 Å². The van der Waals surface area contributed by atoms with Gasteiger partial charge in [0.1, 0.15) is 22.4 Å². The largest absolute Gasteiger partial charge is 0.355 e. The maximum Gasteiger partial charge on any atom is 0.159 e. The highest BCUT2D eigenvalue weighted by Crippen LogP contribution is 2.32. The van der Waals surface area contributed by atoms with E-state index in [-0.39, 0.29) is 0 Å². The second-order valence-corrected chi connectivity index (χ2v) is 15.9. The van der Waals surface area contributed by atoms with E-state index >= 15 is 0 Å². The van der Waals surface area contributed by atoms with Crippen LogP contribution in [0.5, 0.6) is 0 Å². The minimum Gasteiger partial charge on any atom is -0.355 e. The van der Waals surface area contributed by atoms with E-state index in [0.29, 0.717) is 0 Å². The first-order chi connectivity index (χ1) is 31.5. The number of H-pyrrole nitrogens is 4. The second kappa shape index (κ2) is 18.8. The zero-order valence-electron chi connectivity index (χ0n) is 36.9. The van der Waals surface area contributed by atoms with Crippen LogP contribution < -0.4 is 20.4 Å². The Hall–Kier alpha value is -7.55. The summed E-state index contributed by atoms with van der Waals surface area (Å²) >= 11 is 0. The van der Waals surface area contributed by atoms with Gasteiger partial charge in [0.05, 0.1) is 33.8 Å². The highest BCUT2D eigenvalue weighted by atomic mass is 15.2. The Balaban J connectivity index is 0.000000156. The molecule has 11 rings (SSSR count). The summed E-state index contributed by atoms with van der Waals surface area (Å²) in [5.74, 6) is 3.35. The molecule has 0 amide bonds. The molecule has 0 unspecified atom stereocenters. The molecule has 0 spiro atoms. The molecular formula is C49H53N15. The zero-order chi connectivity index (χ0) is 44.0. The third-order valence-corrected chi connectivity index (χ3v) is 11.6. The molecule has 4 N–H and O–H groups in total. The van der Waals surface area contributed by atoms with E-state index < -0.39 is 0 Å². The quantitative estimate of drug-likeness (QED) is 0.121. The molecule has 0 atom stereocenters. The summed E-state index contributed by atoms with van der Waals surface area (Å²) in [5, 5.41) is 18.2. The molecule has 0 aliphatic carbocycles. The monoisotopic (exact) mass is 851 g/mol. The lowest BCUT2D eigenvalue weighted by molar-refractivity contribution is 0.574. The highest BCUT2D eigenvalue weighted by Gasteiger charge is 2.21. The first-order valence-corrected chi connectivity index (χ1v) is 22.3. The van der Waals surface area contributed by atoms with Gasteiger partial charge >= 0.3 is 0 Å². The Kier molecular flexibility index (Phi) is 12.3. The molecule has 0 bridgehead atoms. The number of imidazole rings is 2. The van der Waals surface area contributed by atoms with Crippen molar-refractivity contribution in [1.82, 2.24) is 65.3 Å². The van der Waals surface area contributed by atoms with Crippen LogP contribution in [0.2, 0.25) is 0 Å². The van der Waals surface area contributed by atoms with E-state index in [1.165, 1.54) is 38.5 Å². The van der Waals surface area contributed by atoms with Crippen LogP contribution in [0.25, 0.3) is 85.0 Å². The lowest BCUT2D eigenvalue weighted by Crippen LogP contribution is -2.30. The number of allylic oxidation sites excluding steroid dienone is 1. The van der Waals surface area contributed by atoms with Crippen molar-refractivity contribution < 1.29 is 0 Å². The summed E-state index contributed by atoms with van der Waals surface area (Å²) < 4.78 is 0. The molecular weight excluding hydrogens is 799 g/mol. The molecule has 2 saturated heterocycles. The number of hydrogen-bond donors (Lipinski definition) is 4. The summed E-state index contributed by atoms with van der Waals surface area (Å²) in [7, 11) is 0. The number of piperidine rings is 2. The van der Waals surface area contributed by atoms with Crippen LogP contribution in [0.15, 0.2) is 86.4 Å². The van der Waals surface area contributed by atoms with Crippen LogP contribution in [0, 0.1) is 6.92 Å². The van der Waals surface area contributed by atoms with Crippen molar-refractivity contribution in [2.45, 2.75) is 66.2 Å². The number of aromatic nitrogens is 13. The average molecular weight is 852 g/mol. The van der Waals surface area contributed by atoms with E-state index in [4.69, 9.17) is 9.97 Å². The number of nitrogens with one attached hydrogen (secondary N) is 4. The number of anilines is 2. The molecule has 0 aromatic carbocycles. The van der Waals surface area contributed by atoms with Crippen LogP contribution in [0.1, 0.15) is 70.4 Å². The third kappa shape index (κ3) is 8.48. The van der Waals surface area contributed by atoms with Crippen molar-refractivity contribution in [3.8, 4) is 34.3 Å². The van der Waals surface area contributed by atoms with Crippen molar-refractivity contribution in [2.24, 2.45) is 0 Å². The van der Waals surface area contributed by atoms with E-state index in [0.717, 1.165) is 132 Å². The SMILES string of the molecule is C=C(/C=c1/c(-c2nc3c(N4CCCCC4)nccc3[nH]2)n[nH]/c1=C/C)c1cncc(C)c1.CC.c1cc(-c2cc3c(-c4nc5c(N6CCCCC6)nccc5[nH]4)n[nH]c3cn2)ccn1. The minimum atomic E-state index is 0.719. The Morgan fingerprint density at radius 2 is 1.27 bits per heavy atom. The lowest BCUT2D eigenvalue weighted by atomic mass is 10.1. The van der Waals surface area contributed by atoms with Crippen molar-refractivity contribution in [2.75, 3.05) is 36.0 Å². The first kappa shape index (κ1) is 41.8. The summed E-state index contributed by atoms with van der Waals surface area (Å²) in [5.41, 5.74) is 11.0. The maximum atomic E-state index is 4.94. The Labute approximate surface area is 371 Å². The van der Waals surface area contributed by atoms with Crippen LogP contribution in [-0.2, 0) is 0 Å². The van der Waals surface area contributed by atoms with Crippen molar-refractivity contribution >= 4 is 62.3 Å². The molecule has 0 saturated carbocycles. The fraction of sp³-hybridized carbons (Fsp3) is 0.286. The lowest BCUT2D eigenvalue weighted by Gasteiger charge is -2.27. The van der Waals surface area contributed by atoms with Crippen molar-refractivity contribution in [3.63, 3.8) is 0 Å². The molecule has 11 heterocycles. The predicted molar refractivity (Wildman–Crippen MR) is 257 cm³/mol. The molecule has 9 aromatic heterocycles. The van der Waals surface area contributed by atoms with Gasteiger partial charge in [-0.25, -0.2) is 19.9 Å². The normalized spacial score (nSPS) is 14.8.